The Kier molecular flexibility index (Phi) is 2.16. The average molecular weight is 244 g/mol. The predicted octanol–water partition coefficient (Wildman–Crippen LogP) is 2.30. The van der Waals surface area contributed by atoms with Gasteiger partial charge in [0.05, 0.1) is 17.6 Å². The minimum Gasteiger partial charge on any atom is -0.396 e. The molecule has 0 aliphatic rings. The predicted molar refractivity (Wildman–Crippen MR) is 69.5 cm³/mol. The third kappa shape index (κ3) is 1.40. The molecule has 0 atom stereocenters. The molecule has 3 aromatic rings. The number of rotatable bonds is 1. The highest BCUT2D eigenvalue weighted by molar-refractivity contribution is 5.88. The number of nitrogen functional groups attached to an aromatic ring is 1. The van der Waals surface area contributed by atoms with Crippen molar-refractivity contribution in [2.45, 2.75) is 0 Å². The fourth-order valence-corrected chi connectivity index (χ4v) is 2.32. The lowest BCUT2D eigenvalue weighted by Crippen LogP contribution is -2.00. The molecule has 3 rings (SSSR count). The number of benzene rings is 1. The van der Waals surface area contributed by atoms with Gasteiger partial charge in [-0.2, -0.15) is 5.10 Å². The first-order valence-corrected chi connectivity index (χ1v) is 5.61. The van der Waals surface area contributed by atoms with Crippen LogP contribution in [0.15, 0.2) is 30.5 Å². The van der Waals surface area contributed by atoms with Crippen LogP contribution in [0.3, 0.4) is 0 Å². The van der Waals surface area contributed by atoms with Crippen molar-refractivity contribution < 1.29 is 4.39 Å². The molecule has 0 aliphatic heterocycles. The van der Waals surface area contributed by atoms with Gasteiger partial charge >= 0.3 is 0 Å². The summed E-state index contributed by atoms with van der Waals surface area (Å²) in [6.07, 6.45) is 1.62. The van der Waals surface area contributed by atoms with E-state index in [1.54, 1.807) is 16.9 Å². The van der Waals surface area contributed by atoms with E-state index in [-0.39, 0.29) is 5.82 Å². The zero-order valence-corrected chi connectivity index (χ0v) is 10.2. The fraction of sp³-hybridized carbons (Fsp3) is 0.154. The lowest BCUT2D eigenvalue weighted by atomic mass is 10.2. The van der Waals surface area contributed by atoms with Crippen molar-refractivity contribution in [2.75, 3.05) is 5.73 Å². The van der Waals surface area contributed by atoms with Gasteiger partial charge < -0.3 is 10.3 Å². The smallest absolute Gasteiger partial charge is 0.123 e. The largest absolute Gasteiger partial charge is 0.396 e. The van der Waals surface area contributed by atoms with Crippen molar-refractivity contribution in [1.29, 1.82) is 0 Å². The molecule has 2 heterocycles. The number of halogens is 1. The molecule has 92 valence electrons. The number of anilines is 1. The molecule has 0 fully saturated rings. The summed E-state index contributed by atoms with van der Waals surface area (Å²) in [5.74, 6) is -0.238. The number of fused-ring (bicyclic) bond motifs is 1. The van der Waals surface area contributed by atoms with Crippen molar-refractivity contribution in [3.05, 3.63) is 36.3 Å². The van der Waals surface area contributed by atoms with Crippen LogP contribution in [-0.2, 0) is 14.1 Å². The SMILES string of the molecule is Cn1ncc(N)c1-c1cc2cc(F)ccc2n1C. The molecule has 4 nitrogen and oxygen atoms in total. The Morgan fingerprint density at radius 2 is 2.00 bits per heavy atom. The first-order chi connectivity index (χ1) is 8.58. The van der Waals surface area contributed by atoms with Gasteiger partial charge in [0.15, 0.2) is 0 Å². The first kappa shape index (κ1) is 10.8. The molecule has 0 bridgehead atoms. The van der Waals surface area contributed by atoms with Crippen LogP contribution in [0.2, 0.25) is 0 Å². The standard InChI is InChI=1S/C13H13FN4/c1-17-11-4-3-9(14)5-8(11)6-12(17)13-10(15)7-16-18(13)2/h3-7H,15H2,1-2H3. The number of aromatic nitrogens is 3. The topological polar surface area (TPSA) is 48.8 Å². The van der Waals surface area contributed by atoms with E-state index in [9.17, 15) is 4.39 Å². The molecular weight excluding hydrogens is 231 g/mol. The normalized spacial score (nSPS) is 11.3. The number of nitrogens with zero attached hydrogens (tertiary/aromatic N) is 3. The van der Waals surface area contributed by atoms with Crippen molar-refractivity contribution >= 4 is 16.6 Å². The number of nitrogens with two attached hydrogens (primary N) is 1. The first-order valence-electron chi connectivity index (χ1n) is 5.61. The van der Waals surface area contributed by atoms with E-state index in [0.717, 1.165) is 22.3 Å². The second-order valence-electron chi connectivity index (χ2n) is 4.36. The van der Waals surface area contributed by atoms with Crippen LogP contribution >= 0.6 is 0 Å². The summed E-state index contributed by atoms with van der Waals surface area (Å²) in [4.78, 5) is 0. The van der Waals surface area contributed by atoms with Crippen molar-refractivity contribution in [1.82, 2.24) is 14.3 Å². The van der Waals surface area contributed by atoms with Crippen molar-refractivity contribution in [3.63, 3.8) is 0 Å². The van der Waals surface area contributed by atoms with Gasteiger partial charge in [-0.15, -0.1) is 0 Å². The number of aryl methyl sites for hydroxylation is 2. The Hall–Kier alpha value is -2.30. The van der Waals surface area contributed by atoms with Gasteiger partial charge in [0.1, 0.15) is 11.5 Å². The zero-order chi connectivity index (χ0) is 12.9. The minimum atomic E-state index is -0.238. The molecular formula is C13H13FN4. The zero-order valence-electron chi connectivity index (χ0n) is 10.2. The molecule has 0 unspecified atom stereocenters. The minimum absolute atomic E-state index is 0.238. The molecule has 0 amide bonds. The molecule has 2 N–H and O–H groups in total. The van der Waals surface area contributed by atoms with E-state index >= 15 is 0 Å². The number of hydrogen-bond donors (Lipinski definition) is 1. The van der Waals surface area contributed by atoms with E-state index in [1.165, 1.54) is 12.1 Å². The summed E-state index contributed by atoms with van der Waals surface area (Å²) >= 11 is 0. The van der Waals surface area contributed by atoms with Crippen LogP contribution in [0.4, 0.5) is 10.1 Å². The van der Waals surface area contributed by atoms with Crippen LogP contribution in [-0.4, -0.2) is 14.3 Å². The van der Waals surface area contributed by atoms with Crippen molar-refractivity contribution in [3.8, 4) is 11.4 Å². The van der Waals surface area contributed by atoms with Crippen LogP contribution in [0, 0.1) is 5.82 Å². The van der Waals surface area contributed by atoms with Crippen LogP contribution < -0.4 is 5.73 Å². The monoisotopic (exact) mass is 244 g/mol. The van der Waals surface area contributed by atoms with Gasteiger partial charge in [-0.3, -0.25) is 4.68 Å². The van der Waals surface area contributed by atoms with Crippen molar-refractivity contribution in [2.24, 2.45) is 14.1 Å². The molecule has 1 aromatic carbocycles. The maximum atomic E-state index is 13.2. The Bertz CT molecular complexity index is 719. The third-order valence-electron chi connectivity index (χ3n) is 3.21. The molecule has 0 spiro atoms. The lowest BCUT2D eigenvalue weighted by Gasteiger charge is -2.05. The summed E-state index contributed by atoms with van der Waals surface area (Å²) in [6, 6.07) is 6.66. The van der Waals surface area contributed by atoms with Gasteiger partial charge in [0.25, 0.3) is 0 Å². The molecule has 0 saturated heterocycles. The Labute approximate surface area is 103 Å². The maximum Gasteiger partial charge on any atom is 0.123 e. The Balaban J connectivity index is 2.34. The summed E-state index contributed by atoms with van der Waals surface area (Å²) in [6.45, 7) is 0. The highest BCUT2D eigenvalue weighted by Crippen LogP contribution is 2.30. The Morgan fingerprint density at radius 3 is 2.67 bits per heavy atom. The molecule has 2 aromatic heterocycles. The van der Waals surface area contributed by atoms with Crippen LogP contribution in [0.5, 0.6) is 0 Å². The van der Waals surface area contributed by atoms with Gasteiger partial charge in [-0.25, -0.2) is 4.39 Å². The van der Waals surface area contributed by atoms with Gasteiger partial charge in [0.2, 0.25) is 0 Å². The van der Waals surface area contributed by atoms with Gasteiger partial charge in [0, 0.05) is 25.0 Å². The molecule has 18 heavy (non-hydrogen) atoms. The highest BCUT2D eigenvalue weighted by Gasteiger charge is 2.14. The van der Waals surface area contributed by atoms with Gasteiger partial charge in [-0.05, 0) is 24.3 Å². The summed E-state index contributed by atoms with van der Waals surface area (Å²) in [5, 5.41) is 4.98. The van der Waals surface area contributed by atoms with Crippen LogP contribution in [0.1, 0.15) is 0 Å². The molecule has 0 saturated carbocycles. The summed E-state index contributed by atoms with van der Waals surface area (Å²) < 4.78 is 16.9. The second kappa shape index (κ2) is 3.60. The second-order valence-corrected chi connectivity index (χ2v) is 4.36. The van der Waals surface area contributed by atoms with E-state index in [1.807, 2.05) is 24.7 Å². The summed E-state index contributed by atoms with van der Waals surface area (Å²) in [5.41, 5.74) is 9.27. The molecule has 0 radical (unpaired) electrons. The molecule has 5 heteroatoms. The Morgan fingerprint density at radius 1 is 1.22 bits per heavy atom. The van der Waals surface area contributed by atoms with E-state index in [0.29, 0.717) is 5.69 Å². The van der Waals surface area contributed by atoms with Crippen LogP contribution in [0.25, 0.3) is 22.3 Å². The number of hydrogen-bond acceptors (Lipinski definition) is 2. The highest BCUT2D eigenvalue weighted by atomic mass is 19.1. The average Bonchev–Trinajstić information content (AvgIpc) is 2.80. The van der Waals surface area contributed by atoms with E-state index in [4.69, 9.17) is 5.73 Å². The summed E-state index contributed by atoms with van der Waals surface area (Å²) in [7, 11) is 3.77. The lowest BCUT2D eigenvalue weighted by molar-refractivity contribution is 0.629. The third-order valence-corrected chi connectivity index (χ3v) is 3.21. The quantitative estimate of drug-likeness (QED) is 0.714. The van der Waals surface area contributed by atoms with E-state index in [2.05, 4.69) is 5.10 Å². The molecule has 0 aliphatic carbocycles. The maximum absolute atomic E-state index is 13.2. The fourth-order valence-electron chi connectivity index (χ4n) is 2.32. The van der Waals surface area contributed by atoms with E-state index < -0.39 is 0 Å². The van der Waals surface area contributed by atoms with Gasteiger partial charge in [-0.1, -0.05) is 0 Å².